The van der Waals surface area contributed by atoms with Crippen molar-refractivity contribution in [3.05, 3.63) is 114 Å². The highest BCUT2D eigenvalue weighted by molar-refractivity contribution is 6.08. The normalized spacial score (nSPS) is 10.9. The molecule has 0 unspecified atom stereocenters. The van der Waals surface area contributed by atoms with Crippen LogP contribution in [0.15, 0.2) is 97.3 Å². The van der Waals surface area contributed by atoms with Crippen LogP contribution in [0.2, 0.25) is 0 Å². The lowest BCUT2D eigenvalue weighted by molar-refractivity contribution is -0.688. The number of para-hydroxylation sites is 2. The van der Waals surface area contributed by atoms with Crippen molar-refractivity contribution in [3.63, 3.8) is 0 Å². The zero-order chi connectivity index (χ0) is 18.9. The average molecular weight is 403 g/mol. The Bertz CT molecular complexity index is 1220. The Labute approximate surface area is 175 Å². The van der Waals surface area contributed by atoms with Gasteiger partial charge >= 0.3 is 0 Å². The third kappa shape index (κ3) is 3.62. The first-order valence-corrected chi connectivity index (χ1v) is 9.47. The molecule has 0 saturated carbocycles. The van der Waals surface area contributed by atoms with Crippen LogP contribution in [0.3, 0.4) is 0 Å². The highest BCUT2D eigenvalue weighted by Gasteiger charge is 2.11. The van der Waals surface area contributed by atoms with E-state index in [9.17, 15) is 4.39 Å². The van der Waals surface area contributed by atoms with Crippen LogP contribution in [0, 0.1) is 5.82 Å². The van der Waals surface area contributed by atoms with Crippen molar-refractivity contribution in [2.24, 2.45) is 0 Å². The molecule has 0 bridgehead atoms. The minimum absolute atomic E-state index is 0. The number of halogens is 2. The lowest BCUT2D eigenvalue weighted by Crippen LogP contribution is -3.00. The third-order valence-corrected chi connectivity index (χ3v) is 5.29. The summed E-state index contributed by atoms with van der Waals surface area (Å²) in [7, 11) is 0. The molecule has 0 saturated heterocycles. The molecular formula is C25H20ClFN2. The van der Waals surface area contributed by atoms with Crippen molar-refractivity contribution >= 4 is 21.8 Å². The Morgan fingerprint density at radius 1 is 0.690 bits per heavy atom. The second-order valence-corrected chi connectivity index (χ2v) is 7.09. The van der Waals surface area contributed by atoms with E-state index in [1.54, 1.807) is 6.07 Å². The van der Waals surface area contributed by atoms with E-state index in [4.69, 9.17) is 0 Å². The monoisotopic (exact) mass is 402 g/mol. The van der Waals surface area contributed by atoms with Gasteiger partial charge in [-0.3, -0.25) is 0 Å². The minimum atomic E-state index is -0.163. The van der Waals surface area contributed by atoms with E-state index in [2.05, 4.69) is 65.2 Å². The van der Waals surface area contributed by atoms with E-state index in [0.29, 0.717) is 12.1 Å². The molecular weight excluding hydrogens is 383 g/mol. The summed E-state index contributed by atoms with van der Waals surface area (Å²) in [6, 6.07) is 28.2. The molecule has 0 aliphatic rings. The van der Waals surface area contributed by atoms with Crippen molar-refractivity contribution in [2.45, 2.75) is 13.1 Å². The SMILES string of the molecule is Fc1ccccc1C[n+]1ccc(Cn2c3ccccc3c3ccccc32)cc1.[Cl-]. The summed E-state index contributed by atoms with van der Waals surface area (Å²) in [5, 5.41) is 2.56. The van der Waals surface area contributed by atoms with Crippen LogP contribution in [0.5, 0.6) is 0 Å². The maximum absolute atomic E-state index is 13.9. The van der Waals surface area contributed by atoms with Gasteiger partial charge in [0, 0.05) is 40.5 Å². The van der Waals surface area contributed by atoms with Gasteiger partial charge in [0.05, 0.1) is 5.56 Å². The fourth-order valence-corrected chi connectivity index (χ4v) is 3.88. The van der Waals surface area contributed by atoms with Crippen molar-refractivity contribution in [2.75, 3.05) is 0 Å². The maximum Gasteiger partial charge on any atom is 0.176 e. The van der Waals surface area contributed by atoms with Gasteiger partial charge in [0.1, 0.15) is 5.82 Å². The van der Waals surface area contributed by atoms with Crippen molar-refractivity contribution in [1.82, 2.24) is 4.57 Å². The first-order valence-electron chi connectivity index (χ1n) is 9.47. The van der Waals surface area contributed by atoms with Crippen LogP contribution < -0.4 is 17.0 Å². The molecule has 0 fully saturated rings. The van der Waals surface area contributed by atoms with Gasteiger partial charge in [0.2, 0.25) is 0 Å². The van der Waals surface area contributed by atoms with Crippen LogP contribution in [0.25, 0.3) is 21.8 Å². The van der Waals surface area contributed by atoms with Gasteiger partial charge in [-0.15, -0.1) is 0 Å². The number of hydrogen-bond acceptors (Lipinski definition) is 0. The fourth-order valence-electron chi connectivity index (χ4n) is 3.88. The highest BCUT2D eigenvalue weighted by Crippen LogP contribution is 2.29. The average Bonchev–Trinajstić information content (AvgIpc) is 3.05. The molecule has 0 aliphatic heterocycles. The van der Waals surface area contributed by atoms with Gasteiger partial charge < -0.3 is 17.0 Å². The molecule has 0 radical (unpaired) electrons. The second kappa shape index (κ2) is 8.06. The number of pyridine rings is 1. The Balaban J connectivity index is 0.00000205. The number of rotatable bonds is 4. The molecule has 3 aromatic carbocycles. The summed E-state index contributed by atoms with van der Waals surface area (Å²) in [6.07, 6.45) is 4.05. The number of nitrogens with zero attached hydrogens (tertiary/aromatic N) is 2. The molecule has 5 rings (SSSR count). The summed E-state index contributed by atoms with van der Waals surface area (Å²) in [5.41, 5.74) is 4.40. The molecule has 144 valence electrons. The molecule has 2 heterocycles. The maximum atomic E-state index is 13.9. The molecule has 0 aliphatic carbocycles. The van der Waals surface area contributed by atoms with E-state index in [1.165, 1.54) is 33.4 Å². The quantitative estimate of drug-likeness (QED) is 0.408. The molecule has 0 N–H and O–H groups in total. The lowest BCUT2D eigenvalue weighted by atomic mass is 10.2. The summed E-state index contributed by atoms with van der Waals surface area (Å²) in [6.45, 7) is 1.33. The number of fused-ring (bicyclic) bond motifs is 3. The predicted octanol–water partition coefficient (Wildman–Crippen LogP) is 2.32. The zero-order valence-electron chi connectivity index (χ0n) is 15.8. The van der Waals surface area contributed by atoms with Gasteiger partial charge in [0.15, 0.2) is 18.9 Å². The highest BCUT2D eigenvalue weighted by atomic mass is 35.5. The van der Waals surface area contributed by atoms with Gasteiger partial charge in [-0.05, 0) is 29.8 Å². The summed E-state index contributed by atoms with van der Waals surface area (Å²) >= 11 is 0. The van der Waals surface area contributed by atoms with E-state index < -0.39 is 0 Å². The van der Waals surface area contributed by atoms with Crippen LogP contribution in [0.4, 0.5) is 4.39 Å². The number of benzene rings is 3. The molecule has 5 aromatic rings. The standard InChI is InChI=1S/C25H20FN2.ClH/c26-23-10-4-1-7-20(23)18-27-15-13-19(14-16-27)17-28-24-11-5-2-8-21(24)22-9-3-6-12-25(22)28;/h1-16H,17-18H2;1H/q+1;/p-1. The van der Waals surface area contributed by atoms with Crippen molar-refractivity contribution < 1.29 is 21.4 Å². The van der Waals surface area contributed by atoms with Crippen LogP contribution in [-0.2, 0) is 13.1 Å². The van der Waals surface area contributed by atoms with Gasteiger partial charge in [-0.1, -0.05) is 48.5 Å². The molecule has 0 spiro atoms. The molecule has 0 amide bonds. The van der Waals surface area contributed by atoms with Gasteiger partial charge in [0.25, 0.3) is 0 Å². The van der Waals surface area contributed by atoms with Gasteiger partial charge in [-0.2, -0.15) is 0 Å². The molecule has 2 aromatic heterocycles. The first kappa shape index (κ1) is 19.2. The Hall–Kier alpha value is -3.17. The molecule has 29 heavy (non-hydrogen) atoms. The predicted molar refractivity (Wildman–Crippen MR) is 111 cm³/mol. The van der Waals surface area contributed by atoms with E-state index in [1.807, 2.05) is 29.1 Å². The summed E-state index contributed by atoms with van der Waals surface area (Å²) in [4.78, 5) is 0. The molecule has 0 atom stereocenters. The lowest BCUT2D eigenvalue weighted by Gasteiger charge is -2.07. The molecule has 2 nitrogen and oxygen atoms in total. The summed E-state index contributed by atoms with van der Waals surface area (Å²) in [5.74, 6) is -0.163. The largest absolute Gasteiger partial charge is 1.00 e. The zero-order valence-corrected chi connectivity index (χ0v) is 16.6. The van der Waals surface area contributed by atoms with Gasteiger partial charge in [-0.25, -0.2) is 8.96 Å². The number of aromatic nitrogens is 2. The number of hydrogen-bond donors (Lipinski definition) is 0. The topological polar surface area (TPSA) is 8.81 Å². The van der Waals surface area contributed by atoms with Crippen molar-refractivity contribution in [3.8, 4) is 0 Å². The van der Waals surface area contributed by atoms with Crippen LogP contribution in [-0.4, -0.2) is 4.57 Å². The Morgan fingerprint density at radius 2 is 1.24 bits per heavy atom. The second-order valence-electron chi connectivity index (χ2n) is 7.09. The molecule has 4 heteroatoms. The fraction of sp³-hybridized carbons (Fsp3) is 0.0800. The van der Waals surface area contributed by atoms with Crippen LogP contribution >= 0.6 is 0 Å². The first-order chi connectivity index (χ1) is 13.8. The minimum Gasteiger partial charge on any atom is -1.00 e. The Morgan fingerprint density at radius 3 is 1.86 bits per heavy atom. The van der Waals surface area contributed by atoms with E-state index >= 15 is 0 Å². The van der Waals surface area contributed by atoms with E-state index in [0.717, 1.165) is 6.54 Å². The smallest absolute Gasteiger partial charge is 0.176 e. The summed E-state index contributed by atoms with van der Waals surface area (Å²) < 4.78 is 18.3. The van der Waals surface area contributed by atoms with Crippen LogP contribution in [0.1, 0.15) is 11.1 Å². The van der Waals surface area contributed by atoms with E-state index in [-0.39, 0.29) is 18.2 Å². The Kier molecular flexibility index (Phi) is 5.32. The third-order valence-electron chi connectivity index (χ3n) is 5.29. The van der Waals surface area contributed by atoms with Crippen molar-refractivity contribution in [1.29, 1.82) is 0 Å².